The number of halogens is 2. The monoisotopic (exact) mass is 550 g/mol. The SMILES string of the molecule is C[C@]12CC[C@@H]3c4ccc(O)c(I)c4CC[C@H]3[C@@H]1CC[C@]2(O)/C=C/I. The van der Waals surface area contributed by atoms with E-state index in [0.717, 1.165) is 35.7 Å². The van der Waals surface area contributed by atoms with Crippen molar-refractivity contribution >= 4 is 45.2 Å². The second-order valence-corrected chi connectivity index (χ2v) is 9.89. The van der Waals surface area contributed by atoms with Crippen LogP contribution in [0.1, 0.15) is 56.1 Å². The largest absolute Gasteiger partial charge is 0.507 e. The maximum atomic E-state index is 11.3. The van der Waals surface area contributed by atoms with Gasteiger partial charge in [-0.1, -0.05) is 35.6 Å². The van der Waals surface area contributed by atoms with Crippen molar-refractivity contribution in [3.63, 3.8) is 0 Å². The third-order valence-electron chi connectivity index (χ3n) is 7.38. The number of rotatable bonds is 1. The summed E-state index contributed by atoms with van der Waals surface area (Å²) in [7, 11) is 0. The fourth-order valence-corrected chi connectivity index (χ4v) is 7.40. The first-order valence-electron chi connectivity index (χ1n) is 8.92. The highest BCUT2D eigenvalue weighted by atomic mass is 127. The summed E-state index contributed by atoms with van der Waals surface area (Å²) in [5.74, 6) is 2.31. The molecule has 2 fully saturated rings. The second kappa shape index (κ2) is 6.12. The number of phenolic OH excluding ortho intramolecular Hbond substituents is 1. The smallest absolute Gasteiger partial charge is 0.129 e. The molecular weight excluding hydrogens is 526 g/mol. The minimum Gasteiger partial charge on any atom is -0.507 e. The lowest BCUT2D eigenvalue weighted by Crippen LogP contribution is -2.49. The van der Waals surface area contributed by atoms with Crippen molar-refractivity contribution in [2.75, 3.05) is 0 Å². The molecule has 0 radical (unpaired) electrons. The molecule has 0 aromatic heterocycles. The third kappa shape index (κ3) is 2.34. The van der Waals surface area contributed by atoms with E-state index in [1.807, 2.05) is 16.2 Å². The lowest BCUT2D eigenvalue weighted by Gasteiger charge is -2.52. The van der Waals surface area contributed by atoms with Crippen molar-refractivity contribution in [2.45, 2.75) is 57.0 Å². The van der Waals surface area contributed by atoms with E-state index in [0.29, 0.717) is 23.5 Å². The molecule has 24 heavy (non-hydrogen) atoms. The Balaban J connectivity index is 1.72. The number of hydrogen-bond acceptors (Lipinski definition) is 2. The van der Waals surface area contributed by atoms with Crippen LogP contribution in [0.3, 0.4) is 0 Å². The van der Waals surface area contributed by atoms with Crippen molar-refractivity contribution in [1.82, 2.24) is 0 Å². The summed E-state index contributed by atoms with van der Waals surface area (Å²) >= 11 is 4.54. The molecule has 0 amide bonds. The molecule has 4 rings (SSSR count). The molecule has 0 saturated heterocycles. The molecule has 4 heteroatoms. The van der Waals surface area contributed by atoms with Crippen molar-refractivity contribution < 1.29 is 10.2 Å². The van der Waals surface area contributed by atoms with Gasteiger partial charge in [-0.05, 0) is 106 Å². The topological polar surface area (TPSA) is 40.5 Å². The lowest BCUT2D eigenvalue weighted by atomic mass is 9.53. The normalized spacial score (nSPS) is 41.1. The van der Waals surface area contributed by atoms with Crippen LogP contribution >= 0.6 is 45.2 Å². The molecule has 3 aliphatic rings. The van der Waals surface area contributed by atoms with E-state index < -0.39 is 5.60 Å². The lowest BCUT2D eigenvalue weighted by molar-refractivity contribution is -0.0708. The zero-order valence-corrected chi connectivity index (χ0v) is 18.2. The highest BCUT2D eigenvalue weighted by molar-refractivity contribution is 14.1. The maximum Gasteiger partial charge on any atom is 0.129 e. The molecule has 1 aromatic rings. The highest BCUT2D eigenvalue weighted by Gasteiger charge is 2.60. The number of aromatic hydroxyl groups is 1. The summed E-state index contributed by atoms with van der Waals surface area (Å²) in [5, 5.41) is 21.3. The Hall–Kier alpha value is 0.180. The average Bonchev–Trinajstić information content (AvgIpc) is 2.82. The molecule has 5 atom stereocenters. The van der Waals surface area contributed by atoms with Crippen molar-refractivity contribution in [3.8, 4) is 5.75 Å². The number of fused-ring (bicyclic) bond motifs is 5. The summed E-state index contributed by atoms with van der Waals surface area (Å²) < 4.78 is 3.05. The van der Waals surface area contributed by atoms with Crippen LogP contribution in [0, 0.1) is 20.8 Å². The fourth-order valence-electron chi connectivity index (χ4n) is 6.04. The van der Waals surface area contributed by atoms with Crippen molar-refractivity contribution in [3.05, 3.63) is 37.0 Å². The van der Waals surface area contributed by atoms with E-state index in [4.69, 9.17) is 0 Å². The van der Waals surface area contributed by atoms with E-state index in [1.165, 1.54) is 17.5 Å². The highest BCUT2D eigenvalue weighted by Crippen LogP contribution is 2.64. The van der Waals surface area contributed by atoms with E-state index in [1.54, 1.807) is 0 Å². The van der Waals surface area contributed by atoms with Gasteiger partial charge in [0.15, 0.2) is 0 Å². The van der Waals surface area contributed by atoms with Gasteiger partial charge in [0.2, 0.25) is 0 Å². The molecule has 0 aliphatic heterocycles. The summed E-state index contributed by atoms with van der Waals surface area (Å²) in [6.45, 7) is 2.33. The van der Waals surface area contributed by atoms with Gasteiger partial charge >= 0.3 is 0 Å². The number of benzene rings is 1. The predicted molar refractivity (Wildman–Crippen MR) is 114 cm³/mol. The molecule has 0 unspecified atom stereocenters. The van der Waals surface area contributed by atoms with Gasteiger partial charge in [-0.3, -0.25) is 0 Å². The second-order valence-electron chi connectivity index (χ2n) is 8.09. The summed E-state index contributed by atoms with van der Waals surface area (Å²) in [6, 6.07) is 4.04. The molecule has 3 aliphatic carbocycles. The predicted octanol–water partition coefficient (Wildman–Crippen LogP) is 5.53. The molecule has 130 valence electrons. The Kier molecular flexibility index (Phi) is 4.48. The quantitative estimate of drug-likeness (QED) is 0.452. The van der Waals surface area contributed by atoms with E-state index in [2.05, 4.69) is 58.2 Å². The Morgan fingerprint density at radius 2 is 2.00 bits per heavy atom. The van der Waals surface area contributed by atoms with Crippen LogP contribution in [0.2, 0.25) is 0 Å². The van der Waals surface area contributed by atoms with Crippen LogP contribution in [-0.2, 0) is 6.42 Å². The summed E-state index contributed by atoms with van der Waals surface area (Å²) in [5.41, 5.74) is 2.22. The third-order valence-corrected chi connectivity index (χ3v) is 8.94. The van der Waals surface area contributed by atoms with Gasteiger partial charge in [0.05, 0.1) is 9.17 Å². The number of phenols is 1. The molecule has 1 aromatic carbocycles. The Bertz CT molecular complexity index is 701. The molecular formula is C20H24I2O2. The molecule has 0 spiro atoms. The van der Waals surface area contributed by atoms with Gasteiger partial charge in [-0.25, -0.2) is 0 Å². The van der Waals surface area contributed by atoms with Crippen LogP contribution in [0.4, 0.5) is 0 Å². The van der Waals surface area contributed by atoms with Gasteiger partial charge in [-0.2, -0.15) is 0 Å². The molecule has 2 N–H and O–H groups in total. The maximum absolute atomic E-state index is 11.3. The first-order chi connectivity index (χ1) is 11.4. The minimum atomic E-state index is -0.631. The molecule has 0 heterocycles. The minimum absolute atomic E-state index is 0.0113. The van der Waals surface area contributed by atoms with E-state index >= 15 is 0 Å². The van der Waals surface area contributed by atoms with Crippen LogP contribution in [0.15, 0.2) is 22.3 Å². The van der Waals surface area contributed by atoms with Crippen molar-refractivity contribution in [2.24, 2.45) is 17.3 Å². The Labute approximate surface area is 171 Å². The Morgan fingerprint density at radius 1 is 1.21 bits per heavy atom. The standard InChI is InChI=1S/C20H24I2O2/c1-19-8-6-13-12-4-5-17(23)18(22)15(12)3-2-14(13)16(19)7-9-20(19,24)10-11-21/h4-5,10-11,13-14,16,23-24H,2-3,6-9H2,1H3/b11-10+/t13-,14-,16+,19+,20+/m1/s1. The van der Waals surface area contributed by atoms with E-state index in [9.17, 15) is 10.2 Å². The van der Waals surface area contributed by atoms with Gasteiger partial charge in [0.1, 0.15) is 5.75 Å². The number of hydrogen-bond donors (Lipinski definition) is 2. The molecule has 0 bridgehead atoms. The Morgan fingerprint density at radius 3 is 2.75 bits per heavy atom. The van der Waals surface area contributed by atoms with Gasteiger partial charge in [0, 0.05) is 5.41 Å². The van der Waals surface area contributed by atoms with Crippen LogP contribution in [-0.4, -0.2) is 15.8 Å². The van der Waals surface area contributed by atoms with Gasteiger partial charge in [0.25, 0.3) is 0 Å². The zero-order valence-electron chi connectivity index (χ0n) is 13.9. The first kappa shape index (κ1) is 17.6. The van der Waals surface area contributed by atoms with Crippen LogP contribution < -0.4 is 0 Å². The van der Waals surface area contributed by atoms with Gasteiger partial charge < -0.3 is 10.2 Å². The summed E-state index contributed by atoms with van der Waals surface area (Å²) in [4.78, 5) is 0. The molecule has 2 saturated carbocycles. The van der Waals surface area contributed by atoms with E-state index in [-0.39, 0.29) is 5.41 Å². The van der Waals surface area contributed by atoms with Gasteiger partial charge in [-0.15, -0.1) is 0 Å². The average molecular weight is 550 g/mol. The molecule has 2 nitrogen and oxygen atoms in total. The number of aliphatic hydroxyl groups is 1. The zero-order chi connectivity index (χ0) is 17.1. The first-order valence-corrected chi connectivity index (χ1v) is 11.2. The summed E-state index contributed by atoms with van der Waals surface area (Å²) in [6.07, 6.45) is 8.59. The van der Waals surface area contributed by atoms with Crippen LogP contribution in [0.25, 0.3) is 0 Å². The van der Waals surface area contributed by atoms with Crippen LogP contribution in [0.5, 0.6) is 5.75 Å². The van der Waals surface area contributed by atoms with Crippen molar-refractivity contribution in [1.29, 1.82) is 0 Å². The fraction of sp³-hybridized carbons (Fsp3) is 0.600.